The first kappa shape index (κ1) is 19.2. The summed E-state index contributed by atoms with van der Waals surface area (Å²) >= 11 is 0. The summed E-state index contributed by atoms with van der Waals surface area (Å²) in [6, 6.07) is -1.04. The van der Waals surface area contributed by atoms with Crippen LogP contribution in [-0.2, 0) is 20.5 Å². The molecule has 0 saturated carbocycles. The minimum atomic E-state index is -4.67. The van der Waals surface area contributed by atoms with Crippen LogP contribution < -0.4 is 5.73 Å². The molecule has 0 amide bonds. The number of aliphatic imine (C=N–C) groups is 1. The standard InChI is InChI=1S/C12H18N3O7P/c1-7-11(16)9(5-14-3-2-10(13)12(17)18)8(4-15-7)6-22-23(19,20)21/h4-5,10,16H,2-3,6,13H2,1H3,(H,17,18)(H2,19,20,21)/t10-/m0/s1. The van der Waals surface area contributed by atoms with E-state index in [0.717, 1.165) is 0 Å². The Morgan fingerprint density at radius 2 is 2.22 bits per heavy atom. The summed E-state index contributed by atoms with van der Waals surface area (Å²) in [5, 5.41) is 18.6. The van der Waals surface area contributed by atoms with E-state index in [1.165, 1.54) is 12.4 Å². The van der Waals surface area contributed by atoms with Gasteiger partial charge < -0.3 is 25.7 Å². The van der Waals surface area contributed by atoms with Crippen molar-refractivity contribution in [2.24, 2.45) is 10.7 Å². The Hall–Kier alpha value is -1.84. The fourth-order valence-electron chi connectivity index (χ4n) is 1.56. The summed E-state index contributed by atoms with van der Waals surface area (Å²) in [7, 11) is -4.67. The number of aliphatic carboxylic acids is 1. The smallest absolute Gasteiger partial charge is 0.469 e. The Morgan fingerprint density at radius 1 is 1.57 bits per heavy atom. The molecule has 0 aliphatic rings. The number of nitrogens with zero attached hydrogens (tertiary/aromatic N) is 2. The lowest BCUT2D eigenvalue weighted by Crippen LogP contribution is -2.30. The van der Waals surface area contributed by atoms with Crippen LogP contribution in [0.1, 0.15) is 23.2 Å². The highest BCUT2D eigenvalue weighted by molar-refractivity contribution is 7.46. The summed E-state index contributed by atoms with van der Waals surface area (Å²) in [6.07, 6.45) is 2.66. The minimum absolute atomic E-state index is 0.102. The number of aromatic nitrogens is 1. The molecule has 0 unspecified atom stereocenters. The van der Waals surface area contributed by atoms with Crippen LogP contribution in [0, 0.1) is 6.92 Å². The van der Waals surface area contributed by atoms with E-state index in [1.807, 2.05) is 0 Å². The van der Waals surface area contributed by atoms with Crippen molar-refractivity contribution in [2.45, 2.75) is 26.0 Å². The minimum Gasteiger partial charge on any atom is -0.505 e. The van der Waals surface area contributed by atoms with Gasteiger partial charge in [-0.3, -0.25) is 19.3 Å². The normalized spacial score (nSPS) is 13.4. The van der Waals surface area contributed by atoms with Crippen molar-refractivity contribution in [1.82, 2.24) is 4.98 Å². The van der Waals surface area contributed by atoms with Gasteiger partial charge in [0.05, 0.1) is 12.3 Å². The van der Waals surface area contributed by atoms with Crippen LogP contribution in [0.4, 0.5) is 0 Å². The summed E-state index contributed by atoms with van der Waals surface area (Å²) in [6.45, 7) is 1.18. The molecule has 23 heavy (non-hydrogen) atoms. The molecule has 1 aromatic rings. The molecule has 0 aromatic carbocycles. The van der Waals surface area contributed by atoms with Gasteiger partial charge in [-0.25, -0.2) is 4.57 Å². The molecular formula is C12H18N3O7P. The Kier molecular flexibility index (Phi) is 6.79. The van der Waals surface area contributed by atoms with Gasteiger partial charge >= 0.3 is 13.8 Å². The molecule has 0 aliphatic carbocycles. The van der Waals surface area contributed by atoms with Crippen molar-refractivity contribution in [3.63, 3.8) is 0 Å². The lowest BCUT2D eigenvalue weighted by atomic mass is 10.1. The second-order valence-corrected chi connectivity index (χ2v) is 5.90. The van der Waals surface area contributed by atoms with Crippen molar-refractivity contribution in [1.29, 1.82) is 0 Å². The van der Waals surface area contributed by atoms with Crippen molar-refractivity contribution >= 4 is 20.0 Å². The van der Waals surface area contributed by atoms with Crippen LogP contribution in [0.5, 0.6) is 5.75 Å². The highest BCUT2D eigenvalue weighted by Crippen LogP contribution is 2.37. The Morgan fingerprint density at radius 3 is 2.78 bits per heavy atom. The summed E-state index contributed by atoms with van der Waals surface area (Å²) in [5.41, 5.74) is 6.05. The average Bonchev–Trinajstić information content (AvgIpc) is 2.45. The van der Waals surface area contributed by atoms with Crippen LogP contribution in [0.3, 0.4) is 0 Å². The number of aryl methyl sites for hydroxylation is 1. The number of aromatic hydroxyl groups is 1. The van der Waals surface area contributed by atoms with E-state index in [4.69, 9.17) is 20.6 Å². The summed E-state index contributed by atoms with van der Waals surface area (Å²) < 4.78 is 15.1. The van der Waals surface area contributed by atoms with Gasteiger partial charge in [-0.15, -0.1) is 0 Å². The molecule has 0 saturated heterocycles. The summed E-state index contributed by atoms with van der Waals surface area (Å²) in [4.78, 5) is 35.9. The van der Waals surface area contributed by atoms with Gasteiger partial charge in [-0.05, 0) is 13.3 Å². The number of hydrogen-bond donors (Lipinski definition) is 5. The lowest BCUT2D eigenvalue weighted by molar-refractivity contribution is -0.138. The van der Waals surface area contributed by atoms with Gasteiger partial charge in [0.2, 0.25) is 0 Å². The van der Waals surface area contributed by atoms with Gasteiger partial charge in [-0.2, -0.15) is 0 Å². The third kappa shape index (κ3) is 6.43. The van der Waals surface area contributed by atoms with E-state index in [9.17, 15) is 14.5 Å². The molecule has 0 radical (unpaired) electrons. The van der Waals surface area contributed by atoms with Crippen LogP contribution in [0.15, 0.2) is 11.2 Å². The maximum absolute atomic E-state index is 10.8. The predicted molar refractivity (Wildman–Crippen MR) is 80.2 cm³/mol. The number of hydrogen-bond acceptors (Lipinski definition) is 7. The number of phosphoric ester groups is 1. The largest absolute Gasteiger partial charge is 0.505 e. The molecule has 1 atom stereocenters. The van der Waals surface area contributed by atoms with Gasteiger partial charge in [0.15, 0.2) is 0 Å². The van der Waals surface area contributed by atoms with Crippen LogP contribution in [0.2, 0.25) is 0 Å². The zero-order valence-electron chi connectivity index (χ0n) is 12.3. The number of carbonyl (C=O) groups is 1. The van der Waals surface area contributed by atoms with Gasteiger partial charge in [0.1, 0.15) is 11.8 Å². The number of nitrogens with two attached hydrogens (primary N) is 1. The maximum Gasteiger partial charge on any atom is 0.469 e. The number of carboxylic acid groups (broad SMARTS) is 1. The van der Waals surface area contributed by atoms with Crippen LogP contribution in [-0.4, -0.2) is 49.8 Å². The first-order chi connectivity index (χ1) is 10.6. The quantitative estimate of drug-likeness (QED) is 0.318. The van der Waals surface area contributed by atoms with E-state index in [2.05, 4.69) is 14.5 Å². The van der Waals surface area contributed by atoms with Gasteiger partial charge in [0.25, 0.3) is 0 Å². The number of pyridine rings is 1. The number of rotatable bonds is 8. The molecule has 11 heteroatoms. The van der Waals surface area contributed by atoms with Crippen LogP contribution in [0.25, 0.3) is 0 Å². The van der Waals surface area contributed by atoms with E-state index in [-0.39, 0.29) is 29.8 Å². The lowest BCUT2D eigenvalue weighted by Gasteiger charge is -2.10. The molecule has 0 spiro atoms. The van der Waals surface area contributed by atoms with E-state index < -0.39 is 26.4 Å². The molecule has 128 valence electrons. The molecule has 6 N–H and O–H groups in total. The molecule has 0 aliphatic heterocycles. The molecule has 0 fully saturated rings. The highest BCUT2D eigenvalue weighted by Gasteiger charge is 2.17. The third-order valence-electron chi connectivity index (χ3n) is 2.85. The summed E-state index contributed by atoms with van der Waals surface area (Å²) in [5.74, 6) is -1.35. The second kappa shape index (κ2) is 8.14. The topological polar surface area (TPSA) is 176 Å². The SMILES string of the molecule is Cc1ncc(COP(=O)(O)O)c(C=NCC[C@H](N)C(=O)O)c1O. The molecule has 1 heterocycles. The van der Waals surface area contributed by atoms with Crippen molar-refractivity contribution in [3.8, 4) is 5.75 Å². The van der Waals surface area contributed by atoms with Gasteiger partial charge in [-0.1, -0.05) is 0 Å². The van der Waals surface area contributed by atoms with E-state index in [1.54, 1.807) is 6.92 Å². The average molecular weight is 347 g/mol. The zero-order chi connectivity index (χ0) is 17.6. The van der Waals surface area contributed by atoms with Gasteiger partial charge in [0, 0.05) is 30.1 Å². The van der Waals surface area contributed by atoms with Crippen molar-refractivity contribution in [2.75, 3.05) is 6.54 Å². The first-order valence-electron chi connectivity index (χ1n) is 6.47. The van der Waals surface area contributed by atoms with Crippen LogP contribution >= 0.6 is 7.82 Å². The molecule has 1 aromatic heterocycles. The maximum atomic E-state index is 10.8. The fourth-order valence-corrected chi connectivity index (χ4v) is 1.87. The Bertz CT molecular complexity index is 644. The number of carboxylic acids is 1. The predicted octanol–water partition coefficient (Wildman–Crippen LogP) is -0.0742. The van der Waals surface area contributed by atoms with Crippen molar-refractivity contribution < 1.29 is 33.9 Å². The third-order valence-corrected chi connectivity index (χ3v) is 3.32. The zero-order valence-corrected chi connectivity index (χ0v) is 13.2. The molecular weight excluding hydrogens is 329 g/mol. The Balaban J connectivity index is 2.88. The molecule has 1 rings (SSSR count). The highest BCUT2D eigenvalue weighted by atomic mass is 31.2. The first-order valence-corrected chi connectivity index (χ1v) is 8.00. The van der Waals surface area contributed by atoms with E-state index in [0.29, 0.717) is 5.69 Å². The Labute approximate surface area is 131 Å². The van der Waals surface area contributed by atoms with E-state index >= 15 is 0 Å². The molecule has 0 bridgehead atoms. The van der Waals surface area contributed by atoms with Crippen molar-refractivity contribution in [3.05, 3.63) is 23.0 Å². The molecule has 10 nitrogen and oxygen atoms in total. The number of phosphoric acid groups is 1. The second-order valence-electron chi connectivity index (χ2n) is 4.66. The fraction of sp³-hybridized carbons (Fsp3) is 0.417. The monoisotopic (exact) mass is 347 g/mol.